The lowest BCUT2D eigenvalue weighted by Gasteiger charge is -2.36. The number of carbonyl (C=O) groups excluding carboxylic acids is 4. The number of rotatable bonds is 7. The predicted molar refractivity (Wildman–Crippen MR) is 128 cm³/mol. The number of ketones is 1. The van der Waals surface area contributed by atoms with E-state index in [9.17, 15) is 19.2 Å². The Bertz CT molecular complexity index is 1070. The lowest BCUT2D eigenvalue weighted by Crippen LogP contribution is -2.60. The highest BCUT2D eigenvalue weighted by molar-refractivity contribution is 5.98. The van der Waals surface area contributed by atoms with E-state index in [2.05, 4.69) is 16.0 Å². The van der Waals surface area contributed by atoms with Gasteiger partial charge >= 0.3 is 0 Å². The lowest BCUT2D eigenvalue weighted by molar-refractivity contribution is -0.231. The lowest BCUT2D eigenvalue weighted by atomic mass is 9.98. The summed E-state index contributed by atoms with van der Waals surface area (Å²) < 4.78 is 29.5. The zero-order chi connectivity index (χ0) is 27.1. The Labute approximate surface area is 214 Å². The number of benzene rings is 1. The summed E-state index contributed by atoms with van der Waals surface area (Å²) in [6.07, 6.45) is -3.89. The Morgan fingerprint density at radius 3 is 2.14 bits per heavy atom. The van der Waals surface area contributed by atoms with Gasteiger partial charge in [0.25, 0.3) is 5.91 Å². The van der Waals surface area contributed by atoms with Crippen LogP contribution in [0.2, 0.25) is 0 Å². The molecule has 12 heteroatoms. The fourth-order valence-electron chi connectivity index (χ4n) is 4.49. The fourth-order valence-corrected chi connectivity index (χ4v) is 4.49. The minimum Gasteiger partial charge on any atom is -0.345 e. The van der Waals surface area contributed by atoms with Crippen LogP contribution in [0.5, 0.6) is 0 Å². The number of hydrogen-bond donors (Lipinski definition) is 3. The molecular formula is C25H33N3O9. The molecule has 3 aliphatic rings. The van der Waals surface area contributed by atoms with Crippen molar-refractivity contribution in [2.75, 3.05) is 11.9 Å². The van der Waals surface area contributed by atoms with Crippen LogP contribution in [-0.4, -0.2) is 78.4 Å². The van der Waals surface area contributed by atoms with Gasteiger partial charge in [0, 0.05) is 11.3 Å². The standard InChI is InChI=1S/C25H33N3O9/c1-12(21(31)28-15-9-7-14(8-10-15)13(2)29)27-16(30)11-26-22(32)19-17-18(35-24(3,4)34-17)20-23(33-19)37-25(5,6)36-20/h7-10,12,17-20,23H,11H2,1-6H3,(H,26,32)(H,27,30)(H,28,31). The second kappa shape index (κ2) is 10.1. The maximum Gasteiger partial charge on any atom is 0.252 e. The van der Waals surface area contributed by atoms with E-state index in [-0.39, 0.29) is 12.3 Å². The average molecular weight is 520 g/mol. The molecule has 0 saturated carbocycles. The smallest absolute Gasteiger partial charge is 0.252 e. The van der Waals surface area contributed by atoms with E-state index in [1.165, 1.54) is 13.8 Å². The van der Waals surface area contributed by atoms with Gasteiger partial charge in [0.05, 0.1) is 6.54 Å². The molecule has 3 saturated heterocycles. The molecular weight excluding hydrogens is 486 g/mol. The van der Waals surface area contributed by atoms with Crippen molar-refractivity contribution in [3.63, 3.8) is 0 Å². The van der Waals surface area contributed by atoms with Gasteiger partial charge in [0.15, 0.2) is 29.8 Å². The van der Waals surface area contributed by atoms with Crippen LogP contribution in [0.1, 0.15) is 51.9 Å². The van der Waals surface area contributed by atoms with E-state index >= 15 is 0 Å². The summed E-state index contributed by atoms with van der Waals surface area (Å²) in [5.41, 5.74) is 1.00. The molecule has 3 heterocycles. The quantitative estimate of drug-likeness (QED) is 0.445. The Hall–Kier alpha value is -2.90. The Kier molecular flexibility index (Phi) is 7.41. The van der Waals surface area contributed by atoms with Crippen LogP contribution in [-0.2, 0) is 38.1 Å². The second-order valence-electron chi connectivity index (χ2n) is 10.2. The van der Waals surface area contributed by atoms with Crippen molar-refractivity contribution in [3.8, 4) is 0 Å². The van der Waals surface area contributed by atoms with E-state index in [4.69, 9.17) is 23.7 Å². The van der Waals surface area contributed by atoms with Crippen LogP contribution in [0.4, 0.5) is 5.69 Å². The molecule has 3 aliphatic heterocycles. The molecule has 0 radical (unpaired) electrons. The topological polar surface area (TPSA) is 151 Å². The van der Waals surface area contributed by atoms with Crippen molar-refractivity contribution < 1.29 is 42.9 Å². The van der Waals surface area contributed by atoms with E-state index in [0.29, 0.717) is 11.3 Å². The third-order valence-electron chi connectivity index (χ3n) is 6.17. The fraction of sp³-hybridized carbons (Fsp3) is 0.600. The van der Waals surface area contributed by atoms with Crippen LogP contribution >= 0.6 is 0 Å². The first-order valence-electron chi connectivity index (χ1n) is 12.1. The van der Waals surface area contributed by atoms with E-state index < -0.39 is 66.0 Å². The Morgan fingerprint density at radius 1 is 0.892 bits per heavy atom. The molecule has 6 atom stereocenters. The molecule has 3 amide bonds. The van der Waals surface area contributed by atoms with Crippen LogP contribution < -0.4 is 16.0 Å². The van der Waals surface area contributed by atoms with Gasteiger partial charge in [0.2, 0.25) is 11.8 Å². The van der Waals surface area contributed by atoms with E-state index in [1.807, 2.05) is 0 Å². The highest BCUT2D eigenvalue weighted by atomic mass is 16.9. The second-order valence-corrected chi connectivity index (χ2v) is 10.2. The van der Waals surface area contributed by atoms with Gasteiger partial charge in [-0.05, 0) is 65.8 Å². The molecule has 37 heavy (non-hydrogen) atoms. The monoisotopic (exact) mass is 519 g/mol. The maximum absolute atomic E-state index is 13.0. The molecule has 1 aromatic carbocycles. The Morgan fingerprint density at radius 2 is 1.49 bits per heavy atom. The average Bonchev–Trinajstić information content (AvgIpc) is 3.30. The van der Waals surface area contributed by atoms with E-state index in [1.54, 1.807) is 52.0 Å². The molecule has 3 fully saturated rings. The number of carbonyl (C=O) groups is 4. The maximum atomic E-state index is 13.0. The van der Waals surface area contributed by atoms with Gasteiger partial charge in [-0.2, -0.15) is 0 Å². The largest absolute Gasteiger partial charge is 0.345 e. The van der Waals surface area contributed by atoms with Crippen molar-refractivity contribution in [2.24, 2.45) is 0 Å². The van der Waals surface area contributed by atoms with Crippen molar-refractivity contribution in [2.45, 2.75) is 89.9 Å². The molecule has 1 aromatic rings. The zero-order valence-corrected chi connectivity index (χ0v) is 21.7. The van der Waals surface area contributed by atoms with Gasteiger partial charge < -0.3 is 39.6 Å². The van der Waals surface area contributed by atoms with Crippen LogP contribution in [0, 0.1) is 0 Å². The normalized spacial score (nSPS) is 29.9. The third-order valence-corrected chi connectivity index (χ3v) is 6.17. The summed E-state index contributed by atoms with van der Waals surface area (Å²) in [5.74, 6) is -3.58. The molecule has 0 aromatic heterocycles. The summed E-state index contributed by atoms with van der Waals surface area (Å²) >= 11 is 0. The molecule has 202 valence electrons. The van der Waals surface area contributed by atoms with Gasteiger partial charge in [-0.25, -0.2) is 0 Å². The number of nitrogens with one attached hydrogen (secondary N) is 3. The van der Waals surface area contributed by atoms with Crippen molar-refractivity contribution in [1.29, 1.82) is 0 Å². The van der Waals surface area contributed by atoms with Gasteiger partial charge in [-0.1, -0.05) is 0 Å². The number of fused-ring (bicyclic) bond motifs is 3. The highest BCUT2D eigenvalue weighted by Gasteiger charge is 2.62. The Balaban J connectivity index is 1.30. The van der Waals surface area contributed by atoms with Gasteiger partial charge in [0.1, 0.15) is 24.4 Å². The summed E-state index contributed by atoms with van der Waals surface area (Å²) in [7, 11) is 0. The first-order chi connectivity index (χ1) is 17.2. The SMILES string of the molecule is CC(=O)c1ccc(NC(=O)C(C)NC(=O)CNC(=O)C2OC3OC(C)(C)OC3C3OC(C)(C)OC23)cc1. The highest BCUT2D eigenvalue weighted by Crippen LogP contribution is 2.44. The minimum atomic E-state index is -1.10. The number of anilines is 1. The number of hydrogen-bond acceptors (Lipinski definition) is 9. The molecule has 3 N–H and O–H groups in total. The van der Waals surface area contributed by atoms with Crippen molar-refractivity contribution >= 4 is 29.2 Å². The molecule has 0 spiro atoms. The number of amides is 3. The number of Topliss-reactive ketones (excluding diaryl/α,β-unsaturated/α-hetero) is 1. The molecule has 12 nitrogen and oxygen atoms in total. The van der Waals surface area contributed by atoms with E-state index in [0.717, 1.165) is 0 Å². The van der Waals surface area contributed by atoms with Crippen LogP contribution in [0.15, 0.2) is 24.3 Å². The minimum absolute atomic E-state index is 0.0850. The third kappa shape index (κ3) is 6.16. The van der Waals surface area contributed by atoms with Crippen molar-refractivity contribution in [1.82, 2.24) is 10.6 Å². The summed E-state index contributed by atoms with van der Waals surface area (Å²) in [6, 6.07) is 5.51. The van der Waals surface area contributed by atoms with Gasteiger partial charge in [-0.3, -0.25) is 19.2 Å². The predicted octanol–water partition coefficient (Wildman–Crippen LogP) is 0.845. The van der Waals surface area contributed by atoms with Gasteiger partial charge in [-0.15, -0.1) is 0 Å². The molecule has 0 bridgehead atoms. The first-order valence-corrected chi connectivity index (χ1v) is 12.1. The zero-order valence-electron chi connectivity index (χ0n) is 21.7. The molecule has 6 unspecified atom stereocenters. The molecule has 4 rings (SSSR count). The van der Waals surface area contributed by atoms with Crippen molar-refractivity contribution in [3.05, 3.63) is 29.8 Å². The molecule has 0 aliphatic carbocycles. The summed E-state index contributed by atoms with van der Waals surface area (Å²) in [4.78, 5) is 49.2. The summed E-state index contributed by atoms with van der Waals surface area (Å²) in [6.45, 7) is 9.51. The number of ether oxygens (including phenoxy) is 5. The first kappa shape index (κ1) is 27.1. The summed E-state index contributed by atoms with van der Waals surface area (Å²) in [5, 5.41) is 7.73. The van der Waals surface area contributed by atoms with Crippen LogP contribution in [0.25, 0.3) is 0 Å². The van der Waals surface area contributed by atoms with Crippen LogP contribution in [0.3, 0.4) is 0 Å².